The molecule has 0 unspecified atom stereocenters. The van der Waals surface area contributed by atoms with Crippen molar-refractivity contribution >= 4 is 92.6 Å². The van der Waals surface area contributed by atoms with Gasteiger partial charge in [-0.25, -0.2) is 9.36 Å². The van der Waals surface area contributed by atoms with Crippen LogP contribution < -0.4 is 32.4 Å². The smallest absolute Gasteiger partial charge is 0.277 e. The van der Waals surface area contributed by atoms with Crippen molar-refractivity contribution in [1.82, 2.24) is 19.6 Å². The number of nitrogens with zero attached hydrogens (tertiary/aromatic N) is 2. The molecule has 0 aliphatic carbocycles. The average Bonchev–Trinajstić information content (AvgIpc) is 3.87. The van der Waals surface area contributed by atoms with Crippen LogP contribution in [0.3, 0.4) is 0 Å². The number of carbonyl (C=O) groups is 2. The van der Waals surface area contributed by atoms with Crippen LogP contribution in [0.4, 0.5) is 34.4 Å². The first-order valence-corrected chi connectivity index (χ1v) is 28.9. The van der Waals surface area contributed by atoms with E-state index in [0.29, 0.717) is 57.0 Å². The van der Waals surface area contributed by atoms with Crippen molar-refractivity contribution in [1.29, 1.82) is 0 Å². The van der Waals surface area contributed by atoms with E-state index in [1.54, 1.807) is 84.9 Å². The zero-order valence-corrected chi connectivity index (χ0v) is 46.8. The van der Waals surface area contributed by atoms with Gasteiger partial charge in [-0.15, -0.1) is 0 Å². The number of amides is 2. The summed E-state index contributed by atoms with van der Waals surface area (Å²) in [6, 6.07) is 24.0. The molecule has 0 spiro atoms. The zero-order valence-electron chi connectivity index (χ0n) is 43.8. The van der Waals surface area contributed by atoms with Crippen molar-refractivity contribution in [2.45, 2.75) is 174 Å². The summed E-state index contributed by atoms with van der Waals surface area (Å²) in [4.78, 5) is 55.1. The van der Waals surface area contributed by atoms with E-state index in [1.807, 2.05) is 0 Å². The van der Waals surface area contributed by atoms with Crippen LogP contribution >= 0.6 is 46.4 Å². The first-order valence-electron chi connectivity index (χ1n) is 27.4. The van der Waals surface area contributed by atoms with Crippen molar-refractivity contribution in [2.75, 3.05) is 21.3 Å². The number of unbranched alkanes of at least 4 members (excludes halogenated alkanes) is 20. The summed E-state index contributed by atoms with van der Waals surface area (Å²) >= 11 is 27.1. The second kappa shape index (κ2) is 31.6. The quantitative estimate of drug-likeness (QED) is 0.0221. The number of para-hydroxylation sites is 2. The summed E-state index contributed by atoms with van der Waals surface area (Å²) in [5.74, 6) is 0.325. The number of anilines is 6. The minimum absolute atomic E-state index is 0.0847. The average molecular weight is 1100 g/mol. The van der Waals surface area contributed by atoms with Crippen LogP contribution in [0.1, 0.15) is 179 Å². The molecule has 16 heteroatoms. The summed E-state index contributed by atoms with van der Waals surface area (Å²) in [5, 5.41) is 20.1. The number of aromatic nitrogens is 4. The van der Waals surface area contributed by atoms with Crippen molar-refractivity contribution < 1.29 is 9.59 Å². The number of halogens is 4. The highest BCUT2D eigenvalue weighted by Crippen LogP contribution is 2.33. The summed E-state index contributed by atoms with van der Waals surface area (Å²) in [7, 11) is 0. The van der Waals surface area contributed by atoms with Gasteiger partial charge in [0.25, 0.3) is 11.1 Å². The number of carbonyl (C=O) groups excluding carboxylic acids is 2. The highest BCUT2D eigenvalue weighted by atomic mass is 35.5. The standard InChI is InChI=1S/C59H76Cl4N8O4/c1-3-5-7-9-11-13-15-17-19-21-23-33-54(72)64-42-35-37-50(48(62)39-42)66-56-44(58(74)70(68-56)52-31-27-25-29-46(52)60)41-45-57(69-71(59(45)75)53-32-28-26-30-47(53)61)67-51-38-36-43(40-49(51)63)65-55(73)34-24-22-20-18-16-14-12-10-8-6-4-2/h25-32,35-40,66-69H,3-24,33-34,41H2,1-2H3,(H,64,72)(H,65,73). The van der Waals surface area contributed by atoms with Gasteiger partial charge in [0.1, 0.15) is 11.6 Å². The maximum atomic E-state index is 14.6. The normalized spacial score (nSPS) is 11.3. The molecule has 6 N–H and O–H groups in total. The number of nitrogens with one attached hydrogen (secondary N) is 6. The Kier molecular flexibility index (Phi) is 24.8. The monoisotopic (exact) mass is 1100 g/mol. The number of aromatic amines is 2. The van der Waals surface area contributed by atoms with Crippen LogP contribution in [0.15, 0.2) is 94.5 Å². The Balaban J connectivity index is 1.16. The largest absolute Gasteiger partial charge is 0.339 e. The minimum Gasteiger partial charge on any atom is -0.339 e. The number of rotatable bonds is 34. The number of hydrogen-bond acceptors (Lipinski definition) is 6. The van der Waals surface area contributed by atoms with Gasteiger partial charge >= 0.3 is 0 Å². The maximum absolute atomic E-state index is 14.6. The molecule has 2 amide bonds. The molecule has 0 saturated heterocycles. The second-order valence-electron chi connectivity index (χ2n) is 19.6. The van der Waals surface area contributed by atoms with Gasteiger partial charge in [-0.05, 0) is 73.5 Å². The number of hydrogen-bond donors (Lipinski definition) is 6. The van der Waals surface area contributed by atoms with Gasteiger partial charge in [-0.2, -0.15) is 0 Å². The molecule has 0 aliphatic rings. The van der Waals surface area contributed by atoms with Crippen LogP contribution in [-0.2, 0) is 16.0 Å². The van der Waals surface area contributed by atoms with Gasteiger partial charge in [0.2, 0.25) is 11.8 Å². The van der Waals surface area contributed by atoms with Crippen molar-refractivity contribution in [3.8, 4) is 11.4 Å². The van der Waals surface area contributed by atoms with E-state index in [9.17, 15) is 19.2 Å². The van der Waals surface area contributed by atoms with E-state index in [4.69, 9.17) is 46.4 Å². The lowest BCUT2D eigenvalue weighted by atomic mass is 10.1. The van der Waals surface area contributed by atoms with E-state index in [0.717, 1.165) is 38.5 Å². The Labute approximate surface area is 463 Å². The Morgan fingerprint density at radius 2 is 0.773 bits per heavy atom. The van der Waals surface area contributed by atoms with Crippen LogP contribution in [-0.4, -0.2) is 31.4 Å². The summed E-state index contributed by atoms with van der Waals surface area (Å²) in [5.41, 5.74) is 2.14. The molecule has 2 heterocycles. The first-order chi connectivity index (χ1) is 36.5. The maximum Gasteiger partial charge on any atom is 0.277 e. The molecular weight excluding hydrogens is 1030 g/mol. The van der Waals surface area contributed by atoms with Gasteiger partial charge < -0.3 is 21.3 Å². The van der Waals surface area contributed by atoms with E-state index >= 15 is 0 Å². The Bertz CT molecular complexity index is 2680. The molecule has 0 atom stereocenters. The molecule has 6 aromatic rings. The third kappa shape index (κ3) is 18.4. The lowest BCUT2D eigenvalue weighted by molar-refractivity contribution is -0.117. The topological polar surface area (TPSA) is 158 Å². The molecule has 0 bridgehead atoms. The number of H-pyrrole nitrogens is 2. The first kappa shape index (κ1) is 58.9. The minimum atomic E-state index is -0.477. The molecule has 0 saturated carbocycles. The second-order valence-corrected chi connectivity index (χ2v) is 21.2. The van der Waals surface area contributed by atoms with Gasteiger partial charge in [0, 0.05) is 30.6 Å². The summed E-state index contributed by atoms with van der Waals surface area (Å²) in [6.45, 7) is 4.48. The zero-order chi connectivity index (χ0) is 53.4. The van der Waals surface area contributed by atoms with E-state index < -0.39 is 11.1 Å². The SMILES string of the molecule is CCCCCCCCCCCCCC(=O)Nc1ccc(Nc2[nH]n(-c3ccccc3Cl)c(=O)c2Cc2c(Nc3ccc(NC(=O)CCCCCCCCCCCCC)cc3Cl)[nH]n(-c3ccccc3Cl)c2=O)c(Cl)c1. The molecule has 4 aromatic carbocycles. The van der Waals surface area contributed by atoms with Gasteiger partial charge in [-0.1, -0.05) is 213 Å². The van der Waals surface area contributed by atoms with Crippen molar-refractivity contribution in [3.05, 3.63) is 137 Å². The Morgan fingerprint density at radius 3 is 1.11 bits per heavy atom. The van der Waals surface area contributed by atoms with Crippen LogP contribution in [0.2, 0.25) is 20.1 Å². The molecule has 404 valence electrons. The fraction of sp³-hybridized carbons (Fsp3) is 0.458. The van der Waals surface area contributed by atoms with Crippen LogP contribution in [0, 0.1) is 0 Å². The van der Waals surface area contributed by atoms with Gasteiger partial charge in [0.15, 0.2) is 0 Å². The summed E-state index contributed by atoms with van der Waals surface area (Å²) in [6.07, 6.45) is 27.1. The molecular formula is C59H76Cl4N8O4. The highest BCUT2D eigenvalue weighted by molar-refractivity contribution is 6.34. The molecule has 2 aromatic heterocycles. The third-order valence-corrected chi connectivity index (χ3v) is 14.8. The van der Waals surface area contributed by atoms with E-state index in [1.165, 1.54) is 112 Å². The third-order valence-electron chi connectivity index (χ3n) is 13.6. The molecule has 75 heavy (non-hydrogen) atoms. The van der Waals surface area contributed by atoms with E-state index in [-0.39, 0.29) is 51.0 Å². The molecule has 12 nitrogen and oxygen atoms in total. The molecule has 0 aliphatic heterocycles. The number of benzene rings is 4. The van der Waals surface area contributed by atoms with E-state index in [2.05, 4.69) is 45.3 Å². The summed E-state index contributed by atoms with van der Waals surface area (Å²) < 4.78 is 2.62. The highest BCUT2D eigenvalue weighted by Gasteiger charge is 2.25. The molecule has 0 radical (unpaired) electrons. The predicted octanol–water partition coefficient (Wildman–Crippen LogP) is 17.6. The fourth-order valence-corrected chi connectivity index (χ4v) is 10.2. The van der Waals surface area contributed by atoms with Crippen LogP contribution in [0.5, 0.6) is 0 Å². The Hall–Kier alpha value is -5.40. The molecule has 6 rings (SSSR count). The molecule has 0 fully saturated rings. The van der Waals surface area contributed by atoms with Crippen molar-refractivity contribution in [2.24, 2.45) is 0 Å². The Morgan fingerprint density at radius 1 is 0.440 bits per heavy atom. The van der Waals surface area contributed by atoms with Crippen molar-refractivity contribution in [3.63, 3.8) is 0 Å². The lowest BCUT2D eigenvalue weighted by Gasteiger charge is -2.12. The lowest BCUT2D eigenvalue weighted by Crippen LogP contribution is -2.21. The fourth-order valence-electron chi connectivity index (χ4n) is 9.27. The van der Waals surface area contributed by atoms with Gasteiger partial charge in [0.05, 0.1) is 54.0 Å². The van der Waals surface area contributed by atoms with Crippen LogP contribution in [0.25, 0.3) is 11.4 Å². The predicted molar refractivity (Wildman–Crippen MR) is 314 cm³/mol. The van der Waals surface area contributed by atoms with Gasteiger partial charge in [-0.3, -0.25) is 29.4 Å².